The van der Waals surface area contributed by atoms with Gasteiger partial charge in [0, 0.05) is 27.1 Å². The molecule has 0 aliphatic carbocycles. The molecule has 0 unspecified atom stereocenters. The molecule has 1 aromatic heterocycles. The number of amides is 1. The molecule has 0 fully saturated rings. The van der Waals surface area contributed by atoms with Gasteiger partial charge in [-0.3, -0.25) is 4.79 Å². The molecule has 2 rings (SSSR count). The molecular formula is C16H21BrN2OS. The molecule has 0 radical (unpaired) electrons. The summed E-state index contributed by atoms with van der Waals surface area (Å²) in [7, 11) is 0. The van der Waals surface area contributed by atoms with Crippen molar-refractivity contribution in [3.8, 4) is 0 Å². The van der Waals surface area contributed by atoms with Crippen LogP contribution in [0.4, 0.5) is 5.69 Å². The summed E-state index contributed by atoms with van der Waals surface area (Å²) in [5.74, 6) is 0.467. The molecule has 0 aliphatic rings. The lowest BCUT2D eigenvalue weighted by Crippen LogP contribution is -2.39. The number of fused-ring (bicyclic) bond motifs is 1. The SMILES string of the molecule is CC(C)CN(C(=O)c1sc2ccc(Br)cc2c1N)C(C)C. The molecule has 1 amide bonds. The lowest BCUT2D eigenvalue weighted by Gasteiger charge is -2.28. The van der Waals surface area contributed by atoms with Gasteiger partial charge in [0.05, 0.1) is 5.69 Å². The van der Waals surface area contributed by atoms with Crippen LogP contribution in [0.1, 0.15) is 37.4 Å². The zero-order valence-corrected chi connectivity index (χ0v) is 15.2. The summed E-state index contributed by atoms with van der Waals surface area (Å²) < 4.78 is 2.02. The van der Waals surface area contributed by atoms with E-state index < -0.39 is 0 Å². The second-order valence-electron chi connectivity index (χ2n) is 5.93. The lowest BCUT2D eigenvalue weighted by atomic mass is 10.1. The van der Waals surface area contributed by atoms with E-state index in [0.29, 0.717) is 16.5 Å². The Labute approximate surface area is 138 Å². The number of halogens is 1. The minimum Gasteiger partial charge on any atom is -0.397 e. The summed E-state index contributed by atoms with van der Waals surface area (Å²) in [5, 5.41) is 0.950. The largest absolute Gasteiger partial charge is 0.397 e. The van der Waals surface area contributed by atoms with Crippen molar-refractivity contribution in [1.82, 2.24) is 4.90 Å². The highest BCUT2D eigenvalue weighted by atomic mass is 79.9. The van der Waals surface area contributed by atoms with E-state index >= 15 is 0 Å². The summed E-state index contributed by atoms with van der Waals surface area (Å²) in [6.07, 6.45) is 0. The van der Waals surface area contributed by atoms with Gasteiger partial charge in [-0.2, -0.15) is 0 Å². The average molecular weight is 369 g/mol. The van der Waals surface area contributed by atoms with Gasteiger partial charge in [-0.05, 0) is 38.0 Å². The monoisotopic (exact) mass is 368 g/mol. The second kappa shape index (κ2) is 6.36. The van der Waals surface area contributed by atoms with Crippen LogP contribution in [0.3, 0.4) is 0 Å². The fraction of sp³-hybridized carbons (Fsp3) is 0.438. The fourth-order valence-electron chi connectivity index (χ4n) is 2.30. The van der Waals surface area contributed by atoms with Crippen LogP contribution in [0.25, 0.3) is 10.1 Å². The van der Waals surface area contributed by atoms with Crippen LogP contribution in [0.5, 0.6) is 0 Å². The first kappa shape index (κ1) is 16.3. The van der Waals surface area contributed by atoms with Crippen LogP contribution in [-0.4, -0.2) is 23.4 Å². The van der Waals surface area contributed by atoms with E-state index in [9.17, 15) is 4.79 Å². The summed E-state index contributed by atoms with van der Waals surface area (Å²) >= 11 is 4.93. The van der Waals surface area contributed by atoms with E-state index in [-0.39, 0.29) is 11.9 Å². The van der Waals surface area contributed by atoms with Crippen LogP contribution in [-0.2, 0) is 0 Å². The quantitative estimate of drug-likeness (QED) is 0.845. The van der Waals surface area contributed by atoms with E-state index in [2.05, 4.69) is 29.8 Å². The Morgan fingerprint density at radius 3 is 2.57 bits per heavy atom. The number of hydrogen-bond acceptors (Lipinski definition) is 3. The molecule has 21 heavy (non-hydrogen) atoms. The summed E-state index contributed by atoms with van der Waals surface area (Å²) in [5.41, 5.74) is 6.81. The van der Waals surface area contributed by atoms with Crippen molar-refractivity contribution >= 4 is 48.9 Å². The van der Waals surface area contributed by atoms with E-state index in [1.165, 1.54) is 11.3 Å². The molecule has 2 aromatic rings. The van der Waals surface area contributed by atoms with E-state index in [1.807, 2.05) is 36.9 Å². The molecule has 114 valence electrons. The highest BCUT2D eigenvalue weighted by molar-refractivity contribution is 9.10. The number of benzene rings is 1. The smallest absolute Gasteiger partial charge is 0.266 e. The molecule has 0 atom stereocenters. The molecule has 1 aromatic carbocycles. The Kier molecular flexibility index (Phi) is 4.94. The van der Waals surface area contributed by atoms with E-state index in [1.54, 1.807) is 0 Å². The number of carbonyl (C=O) groups is 1. The summed E-state index contributed by atoms with van der Waals surface area (Å²) in [6, 6.07) is 6.11. The number of rotatable bonds is 4. The van der Waals surface area contributed by atoms with Gasteiger partial charge in [-0.25, -0.2) is 0 Å². The minimum absolute atomic E-state index is 0.0357. The number of nitrogens with two attached hydrogens (primary N) is 1. The number of carbonyl (C=O) groups excluding carboxylic acids is 1. The van der Waals surface area contributed by atoms with E-state index in [0.717, 1.165) is 21.1 Å². The van der Waals surface area contributed by atoms with Gasteiger partial charge >= 0.3 is 0 Å². The van der Waals surface area contributed by atoms with Crippen molar-refractivity contribution in [1.29, 1.82) is 0 Å². The van der Waals surface area contributed by atoms with Crippen molar-refractivity contribution in [3.05, 3.63) is 27.5 Å². The first-order valence-corrected chi connectivity index (χ1v) is 8.70. The van der Waals surface area contributed by atoms with E-state index in [4.69, 9.17) is 5.73 Å². The van der Waals surface area contributed by atoms with Gasteiger partial charge in [0.25, 0.3) is 5.91 Å². The molecule has 0 saturated heterocycles. The van der Waals surface area contributed by atoms with Crippen molar-refractivity contribution in [2.24, 2.45) is 5.92 Å². The molecule has 0 aliphatic heterocycles. The van der Waals surface area contributed by atoms with Gasteiger partial charge < -0.3 is 10.6 Å². The van der Waals surface area contributed by atoms with Crippen LogP contribution < -0.4 is 5.73 Å². The number of thiophene rings is 1. The van der Waals surface area contributed by atoms with Crippen LogP contribution in [0.15, 0.2) is 22.7 Å². The number of nitrogen functional groups attached to an aromatic ring is 1. The van der Waals surface area contributed by atoms with Crippen molar-refractivity contribution in [2.75, 3.05) is 12.3 Å². The standard InChI is InChI=1S/C16H21BrN2OS/c1-9(2)8-19(10(3)4)16(20)15-14(18)12-7-11(17)5-6-13(12)21-15/h5-7,9-10H,8,18H2,1-4H3. The zero-order chi connectivity index (χ0) is 15.7. The van der Waals surface area contributed by atoms with Crippen molar-refractivity contribution in [2.45, 2.75) is 33.7 Å². The zero-order valence-electron chi connectivity index (χ0n) is 12.8. The van der Waals surface area contributed by atoms with Gasteiger partial charge in [-0.1, -0.05) is 29.8 Å². The molecular weight excluding hydrogens is 348 g/mol. The summed E-state index contributed by atoms with van der Waals surface area (Å²) in [4.78, 5) is 15.4. The Hall–Kier alpha value is -1.07. The first-order chi connectivity index (χ1) is 9.81. The Balaban J connectivity index is 2.44. The summed E-state index contributed by atoms with van der Waals surface area (Å²) in [6.45, 7) is 9.07. The van der Waals surface area contributed by atoms with Gasteiger partial charge in [0.15, 0.2) is 0 Å². The van der Waals surface area contributed by atoms with Gasteiger partial charge in [0.2, 0.25) is 0 Å². The fourth-order valence-corrected chi connectivity index (χ4v) is 3.72. The molecule has 5 heteroatoms. The highest BCUT2D eigenvalue weighted by Gasteiger charge is 2.24. The third kappa shape index (κ3) is 3.40. The topological polar surface area (TPSA) is 46.3 Å². The van der Waals surface area contributed by atoms with Crippen molar-refractivity contribution in [3.63, 3.8) is 0 Å². The maximum Gasteiger partial charge on any atom is 0.266 e. The van der Waals surface area contributed by atoms with Crippen LogP contribution in [0, 0.1) is 5.92 Å². The normalized spacial score (nSPS) is 11.6. The number of anilines is 1. The molecule has 0 spiro atoms. The predicted octanol–water partition coefficient (Wildman–Crippen LogP) is 4.75. The van der Waals surface area contributed by atoms with Gasteiger partial charge in [-0.15, -0.1) is 11.3 Å². The molecule has 0 saturated carbocycles. The molecule has 3 nitrogen and oxygen atoms in total. The maximum absolute atomic E-state index is 12.8. The Morgan fingerprint density at radius 2 is 2.00 bits per heavy atom. The van der Waals surface area contributed by atoms with Crippen molar-refractivity contribution < 1.29 is 4.79 Å². The second-order valence-corrected chi connectivity index (χ2v) is 7.90. The molecule has 2 N–H and O–H groups in total. The lowest BCUT2D eigenvalue weighted by molar-refractivity contribution is 0.0688. The number of hydrogen-bond donors (Lipinski definition) is 1. The Bertz CT molecular complexity index is 664. The first-order valence-electron chi connectivity index (χ1n) is 7.09. The Morgan fingerprint density at radius 1 is 1.33 bits per heavy atom. The molecule has 0 bridgehead atoms. The van der Waals surface area contributed by atoms with Crippen LogP contribution >= 0.6 is 27.3 Å². The minimum atomic E-state index is 0.0357. The third-order valence-electron chi connectivity index (χ3n) is 3.33. The maximum atomic E-state index is 12.8. The highest BCUT2D eigenvalue weighted by Crippen LogP contribution is 2.36. The van der Waals surface area contributed by atoms with Gasteiger partial charge in [0.1, 0.15) is 4.88 Å². The third-order valence-corrected chi connectivity index (χ3v) is 5.00. The predicted molar refractivity (Wildman–Crippen MR) is 94.9 cm³/mol. The molecule has 1 heterocycles. The number of nitrogens with zero attached hydrogens (tertiary/aromatic N) is 1. The van der Waals surface area contributed by atoms with Crippen LogP contribution in [0.2, 0.25) is 0 Å². The average Bonchev–Trinajstić information content (AvgIpc) is 2.72.